The number of aliphatic hydroxyl groups excluding tert-OH is 1. The molecule has 1 saturated heterocycles. The van der Waals surface area contributed by atoms with E-state index in [1.54, 1.807) is 7.11 Å². The lowest BCUT2D eigenvalue weighted by atomic mass is 9.91. The van der Waals surface area contributed by atoms with Gasteiger partial charge in [-0.05, 0) is 37.0 Å². The monoisotopic (exact) mass is 335 g/mol. The van der Waals surface area contributed by atoms with Crippen LogP contribution in [0.3, 0.4) is 0 Å². The van der Waals surface area contributed by atoms with Crippen LogP contribution in [0.5, 0.6) is 5.75 Å². The molecule has 1 amide bonds. The highest BCUT2D eigenvalue weighted by Gasteiger charge is 2.41. The largest absolute Gasteiger partial charge is 0.497 e. The van der Waals surface area contributed by atoms with E-state index in [9.17, 15) is 14.7 Å². The number of ether oxygens (including phenoxy) is 2. The molecule has 0 aliphatic carbocycles. The van der Waals surface area contributed by atoms with E-state index in [1.807, 2.05) is 31.2 Å². The molecule has 24 heavy (non-hydrogen) atoms. The molecule has 1 N–H and O–H groups in total. The Morgan fingerprint density at radius 1 is 1.29 bits per heavy atom. The van der Waals surface area contributed by atoms with E-state index in [0.29, 0.717) is 25.8 Å². The number of carbonyl (C=O) groups excluding carboxylic acids is 2. The van der Waals surface area contributed by atoms with Gasteiger partial charge in [0.25, 0.3) is 0 Å². The van der Waals surface area contributed by atoms with Crippen molar-refractivity contribution in [3.05, 3.63) is 29.8 Å². The molecule has 1 fully saturated rings. The number of benzene rings is 1. The zero-order valence-electron chi connectivity index (χ0n) is 14.4. The Morgan fingerprint density at radius 3 is 2.50 bits per heavy atom. The Hall–Kier alpha value is -2.08. The summed E-state index contributed by atoms with van der Waals surface area (Å²) in [4.78, 5) is 26.5. The van der Waals surface area contributed by atoms with Gasteiger partial charge in [-0.3, -0.25) is 4.79 Å². The fourth-order valence-electron chi connectivity index (χ4n) is 3.22. The van der Waals surface area contributed by atoms with Crippen LogP contribution in [0.25, 0.3) is 0 Å². The predicted octanol–water partition coefficient (Wildman–Crippen LogP) is 1.71. The van der Waals surface area contributed by atoms with Crippen LogP contribution in [0, 0.1) is 0 Å². The number of hydrogen-bond donors (Lipinski definition) is 1. The van der Waals surface area contributed by atoms with E-state index >= 15 is 0 Å². The van der Waals surface area contributed by atoms with E-state index in [1.165, 1.54) is 12.0 Å². The number of hydrogen-bond acceptors (Lipinski definition) is 5. The van der Waals surface area contributed by atoms with E-state index in [0.717, 1.165) is 11.3 Å². The van der Waals surface area contributed by atoms with Crippen molar-refractivity contribution in [2.45, 2.75) is 44.2 Å². The number of esters is 1. The molecule has 0 spiro atoms. The lowest BCUT2D eigenvalue weighted by Gasteiger charge is -2.38. The van der Waals surface area contributed by atoms with Gasteiger partial charge in [0.1, 0.15) is 5.75 Å². The summed E-state index contributed by atoms with van der Waals surface area (Å²) in [6.07, 6.45) is 0.872. The molecule has 1 aliphatic heterocycles. The average molecular weight is 335 g/mol. The van der Waals surface area contributed by atoms with Gasteiger partial charge in [0.2, 0.25) is 5.91 Å². The van der Waals surface area contributed by atoms with Crippen molar-refractivity contribution in [3.8, 4) is 5.75 Å². The van der Waals surface area contributed by atoms with Crippen LogP contribution in [0.15, 0.2) is 24.3 Å². The number of amides is 1. The Labute approximate surface area is 142 Å². The molecule has 2 rings (SSSR count). The van der Waals surface area contributed by atoms with Gasteiger partial charge in [0, 0.05) is 6.54 Å². The fourth-order valence-corrected chi connectivity index (χ4v) is 3.22. The van der Waals surface area contributed by atoms with Gasteiger partial charge in [0.05, 0.1) is 26.2 Å². The average Bonchev–Trinajstić information content (AvgIpc) is 2.62. The standard InChI is InChI=1S/C18H25NO5/c1-4-14(12-7-9-13(23-2)10-8-12)17(21)19-11-5-6-15(20)16(19)18(22)24-3/h7-10,14-16,20H,4-6,11H2,1-3H3/t14-,15+,16-/m0/s1. The third-order valence-electron chi connectivity index (χ3n) is 4.55. The first kappa shape index (κ1) is 18.3. The Balaban J connectivity index is 2.26. The second-order valence-electron chi connectivity index (χ2n) is 5.94. The molecule has 0 radical (unpaired) electrons. The van der Waals surface area contributed by atoms with Crippen molar-refractivity contribution in [3.63, 3.8) is 0 Å². The van der Waals surface area contributed by atoms with Crippen LogP contribution in [0.4, 0.5) is 0 Å². The number of carbonyl (C=O) groups is 2. The summed E-state index contributed by atoms with van der Waals surface area (Å²) < 4.78 is 9.93. The molecule has 0 saturated carbocycles. The number of piperidine rings is 1. The Kier molecular flexibility index (Phi) is 6.20. The summed E-state index contributed by atoms with van der Waals surface area (Å²) in [5, 5.41) is 10.2. The molecule has 1 aromatic carbocycles. The predicted molar refractivity (Wildman–Crippen MR) is 88.8 cm³/mol. The van der Waals surface area contributed by atoms with Gasteiger partial charge in [-0.15, -0.1) is 0 Å². The lowest BCUT2D eigenvalue weighted by Crippen LogP contribution is -2.56. The number of aliphatic hydroxyl groups is 1. The molecule has 0 unspecified atom stereocenters. The van der Waals surface area contributed by atoms with Gasteiger partial charge in [-0.2, -0.15) is 0 Å². The summed E-state index contributed by atoms with van der Waals surface area (Å²) in [5.74, 6) is -0.368. The maximum Gasteiger partial charge on any atom is 0.331 e. The summed E-state index contributed by atoms with van der Waals surface area (Å²) in [6, 6.07) is 6.42. The highest BCUT2D eigenvalue weighted by atomic mass is 16.5. The molecule has 3 atom stereocenters. The summed E-state index contributed by atoms with van der Waals surface area (Å²) in [7, 11) is 2.86. The molecule has 132 valence electrons. The van der Waals surface area contributed by atoms with E-state index in [-0.39, 0.29) is 11.8 Å². The first-order valence-electron chi connectivity index (χ1n) is 8.23. The SMILES string of the molecule is CC[C@H](C(=O)N1CCC[C@@H](O)[C@H]1C(=O)OC)c1ccc(OC)cc1. The molecule has 6 nitrogen and oxygen atoms in total. The first-order chi connectivity index (χ1) is 11.5. The van der Waals surface area contributed by atoms with Gasteiger partial charge < -0.3 is 19.5 Å². The quantitative estimate of drug-likeness (QED) is 0.829. The van der Waals surface area contributed by atoms with Gasteiger partial charge in [-0.25, -0.2) is 4.79 Å². The van der Waals surface area contributed by atoms with E-state index in [2.05, 4.69) is 0 Å². The van der Waals surface area contributed by atoms with Gasteiger partial charge >= 0.3 is 5.97 Å². The Morgan fingerprint density at radius 2 is 1.96 bits per heavy atom. The molecule has 0 aromatic heterocycles. The highest BCUT2D eigenvalue weighted by Crippen LogP contribution is 2.28. The second-order valence-corrected chi connectivity index (χ2v) is 5.94. The van der Waals surface area contributed by atoms with Gasteiger partial charge in [-0.1, -0.05) is 19.1 Å². The van der Waals surface area contributed by atoms with Gasteiger partial charge in [0.15, 0.2) is 6.04 Å². The minimum Gasteiger partial charge on any atom is -0.497 e. The van der Waals surface area contributed by atoms with E-state index < -0.39 is 18.1 Å². The van der Waals surface area contributed by atoms with Crippen LogP contribution < -0.4 is 4.74 Å². The minimum atomic E-state index is -0.927. The van der Waals surface area contributed by atoms with E-state index in [4.69, 9.17) is 9.47 Å². The second kappa shape index (κ2) is 8.15. The van der Waals surface area contributed by atoms with Crippen molar-refractivity contribution in [1.82, 2.24) is 4.90 Å². The number of methoxy groups -OCH3 is 2. The van der Waals surface area contributed by atoms with Crippen LogP contribution in [0.1, 0.15) is 37.7 Å². The normalized spacial score (nSPS) is 21.9. The zero-order chi connectivity index (χ0) is 17.7. The van der Waals surface area contributed by atoms with Crippen molar-refractivity contribution in [1.29, 1.82) is 0 Å². The van der Waals surface area contributed by atoms with Crippen molar-refractivity contribution >= 4 is 11.9 Å². The molecule has 1 aromatic rings. The molecule has 0 bridgehead atoms. The smallest absolute Gasteiger partial charge is 0.331 e. The highest BCUT2D eigenvalue weighted by molar-refractivity contribution is 5.89. The molecule has 1 heterocycles. The number of likely N-dealkylation sites (tertiary alicyclic amines) is 1. The minimum absolute atomic E-state index is 0.156. The van der Waals surface area contributed by atoms with Crippen LogP contribution in [0.2, 0.25) is 0 Å². The lowest BCUT2D eigenvalue weighted by molar-refractivity contribution is -0.161. The number of nitrogens with zero attached hydrogens (tertiary/aromatic N) is 1. The summed E-state index contributed by atoms with van der Waals surface area (Å²) in [6.45, 7) is 2.38. The maximum atomic E-state index is 13.0. The molecular formula is C18H25NO5. The van der Waals surface area contributed by atoms with Crippen molar-refractivity contribution in [2.24, 2.45) is 0 Å². The summed E-state index contributed by atoms with van der Waals surface area (Å²) >= 11 is 0. The topological polar surface area (TPSA) is 76.1 Å². The van der Waals surface area contributed by atoms with Crippen LogP contribution >= 0.6 is 0 Å². The van der Waals surface area contributed by atoms with Crippen LogP contribution in [-0.4, -0.2) is 54.8 Å². The molecular weight excluding hydrogens is 310 g/mol. The Bertz CT molecular complexity index is 571. The summed E-state index contributed by atoms with van der Waals surface area (Å²) in [5.41, 5.74) is 0.868. The van der Waals surface area contributed by atoms with Crippen molar-refractivity contribution in [2.75, 3.05) is 20.8 Å². The maximum absolute atomic E-state index is 13.0. The first-order valence-corrected chi connectivity index (χ1v) is 8.23. The molecule has 6 heteroatoms. The van der Waals surface area contributed by atoms with Crippen molar-refractivity contribution < 1.29 is 24.2 Å². The molecule has 1 aliphatic rings. The third kappa shape index (κ3) is 3.70. The zero-order valence-corrected chi connectivity index (χ0v) is 14.4. The number of rotatable bonds is 5. The third-order valence-corrected chi connectivity index (χ3v) is 4.55. The van der Waals surface area contributed by atoms with Crippen LogP contribution in [-0.2, 0) is 14.3 Å². The fraction of sp³-hybridized carbons (Fsp3) is 0.556.